The molecule has 154 valence electrons. The minimum Gasteiger partial charge on any atom is -0.379 e. The number of rotatable bonds is 7. The maximum Gasteiger partial charge on any atom is 0.103 e. The monoisotopic (exact) mass is 401 g/mol. The first-order chi connectivity index (χ1) is 14.8. The van der Waals surface area contributed by atoms with E-state index in [1.54, 1.807) is 6.20 Å². The first kappa shape index (κ1) is 20.1. The Balaban J connectivity index is 1.48. The number of pyridine rings is 1. The SMILES string of the molecule is Cc1c(Nc2c(C#N)cncc2/C=C/CCCN2CCOCC2)ccc2[nH]ccc12. The van der Waals surface area contributed by atoms with Gasteiger partial charge >= 0.3 is 0 Å². The van der Waals surface area contributed by atoms with Crippen LogP contribution in [0.4, 0.5) is 11.4 Å². The highest BCUT2D eigenvalue weighted by Crippen LogP contribution is 2.30. The number of aryl methyl sites for hydroxylation is 1. The van der Waals surface area contributed by atoms with Crippen LogP contribution in [0.15, 0.2) is 42.9 Å². The molecule has 0 aliphatic carbocycles. The van der Waals surface area contributed by atoms with Crippen molar-refractivity contribution in [2.45, 2.75) is 19.8 Å². The smallest absolute Gasteiger partial charge is 0.103 e. The van der Waals surface area contributed by atoms with E-state index in [-0.39, 0.29) is 0 Å². The normalized spacial score (nSPS) is 14.9. The molecule has 1 aliphatic heterocycles. The molecule has 1 aliphatic rings. The number of benzene rings is 1. The molecule has 2 N–H and O–H groups in total. The molecule has 30 heavy (non-hydrogen) atoms. The fourth-order valence-electron chi connectivity index (χ4n) is 3.85. The van der Waals surface area contributed by atoms with Crippen molar-refractivity contribution >= 4 is 28.4 Å². The lowest BCUT2D eigenvalue weighted by Gasteiger charge is -2.26. The van der Waals surface area contributed by atoms with Gasteiger partial charge in [-0.25, -0.2) is 0 Å². The molecule has 4 rings (SSSR count). The van der Waals surface area contributed by atoms with E-state index >= 15 is 0 Å². The number of unbranched alkanes of at least 4 members (excludes halogenated alkanes) is 1. The van der Waals surface area contributed by atoms with Crippen LogP contribution in [-0.4, -0.2) is 47.7 Å². The Morgan fingerprint density at radius 2 is 2.13 bits per heavy atom. The van der Waals surface area contributed by atoms with E-state index in [0.29, 0.717) is 5.56 Å². The van der Waals surface area contributed by atoms with Crippen molar-refractivity contribution in [2.75, 3.05) is 38.2 Å². The standard InChI is InChI=1S/C24H27N5O/c1-18-21-8-9-27-23(21)7-6-22(18)28-24-19(16-26-17-20(24)15-25)5-3-2-4-10-29-11-13-30-14-12-29/h3,5-9,16-17,27H,2,4,10-14H2,1H3,(H,26,28)/b5-3+. The number of ether oxygens (including phenoxy) is 1. The van der Waals surface area contributed by atoms with Gasteiger partial charge in [0.2, 0.25) is 0 Å². The Kier molecular flexibility index (Phi) is 6.43. The van der Waals surface area contributed by atoms with Gasteiger partial charge in [0.1, 0.15) is 6.07 Å². The molecule has 1 aromatic carbocycles. The summed E-state index contributed by atoms with van der Waals surface area (Å²) in [5.74, 6) is 0. The molecule has 1 saturated heterocycles. The molecule has 2 aromatic heterocycles. The van der Waals surface area contributed by atoms with Crippen molar-refractivity contribution in [1.82, 2.24) is 14.9 Å². The van der Waals surface area contributed by atoms with Crippen LogP contribution in [0.5, 0.6) is 0 Å². The van der Waals surface area contributed by atoms with E-state index < -0.39 is 0 Å². The summed E-state index contributed by atoms with van der Waals surface area (Å²) in [6.45, 7) is 6.91. The lowest BCUT2D eigenvalue weighted by atomic mass is 10.1. The lowest BCUT2D eigenvalue weighted by Crippen LogP contribution is -2.36. The van der Waals surface area contributed by atoms with Crippen LogP contribution in [0.2, 0.25) is 0 Å². The number of fused-ring (bicyclic) bond motifs is 1. The second-order valence-corrected chi connectivity index (χ2v) is 7.56. The summed E-state index contributed by atoms with van der Waals surface area (Å²) in [5.41, 5.74) is 5.51. The fourth-order valence-corrected chi connectivity index (χ4v) is 3.85. The Bertz CT molecular complexity index is 1070. The Hall–Kier alpha value is -3.14. The van der Waals surface area contributed by atoms with Gasteiger partial charge in [-0.3, -0.25) is 9.88 Å². The average molecular weight is 402 g/mol. The molecular formula is C24H27N5O. The zero-order valence-corrected chi connectivity index (χ0v) is 17.3. The van der Waals surface area contributed by atoms with Gasteiger partial charge in [-0.05, 0) is 50.1 Å². The van der Waals surface area contributed by atoms with Gasteiger partial charge in [0.25, 0.3) is 0 Å². The van der Waals surface area contributed by atoms with Gasteiger partial charge in [-0.2, -0.15) is 5.26 Å². The number of allylic oxidation sites excluding steroid dienone is 1. The van der Waals surface area contributed by atoms with Gasteiger partial charge in [0, 0.05) is 53.8 Å². The summed E-state index contributed by atoms with van der Waals surface area (Å²) in [4.78, 5) is 9.94. The highest BCUT2D eigenvalue weighted by Gasteiger charge is 2.11. The van der Waals surface area contributed by atoms with E-state index in [2.05, 4.69) is 57.5 Å². The number of aromatic amines is 1. The van der Waals surface area contributed by atoms with Crippen molar-refractivity contribution in [3.05, 3.63) is 59.6 Å². The molecule has 0 atom stereocenters. The van der Waals surface area contributed by atoms with Crippen LogP contribution in [0.1, 0.15) is 29.5 Å². The van der Waals surface area contributed by atoms with Crippen molar-refractivity contribution in [3.63, 3.8) is 0 Å². The van der Waals surface area contributed by atoms with E-state index in [1.165, 1.54) is 5.39 Å². The predicted octanol–water partition coefficient (Wildman–Crippen LogP) is 4.61. The second-order valence-electron chi connectivity index (χ2n) is 7.56. The molecule has 6 heteroatoms. The van der Waals surface area contributed by atoms with Crippen LogP contribution < -0.4 is 5.32 Å². The Morgan fingerprint density at radius 3 is 2.97 bits per heavy atom. The fraction of sp³-hybridized carbons (Fsp3) is 0.333. The predicted molar refractivity (Wildman–Crippen MR) is 121 cm³/mol. The van der Waals surface area contributed by atoms with E-state index in [0.717, 1.165) is 73.7 Å². The highest BCUT2D eigenvalue weighted by atomic mass is 16.5. The average Bonchev–Trinajstić information content (AvgIpc) is 3.26. The van der Waals surface area contributed by atoms with Gasteiger partial charge in [-0.15, -0.1) is 0 Å². The molecule has 0 amide bonds. The molecule has 0 bridgehead atoms. The second kappa shape index (κ2) is 9.57. The number of hydrogen-bond acceptors (Lipinski definition) is 5. The summed E-state index contributed by atoms with van der Waals surface area (Å²) in [6.07, 6.45) is 11.7. The number of hydrogen-bond donors (Lipinski definition) is 2. The minimum atomic E-state index is 0.541. The number of aromatic nitrogens is 2. The van der Waals surface area contributed by atoms with Crippen molar-refractivity contribution in [1.29, 1.82) is 5.26 Å². The third-order valence-corrected chi connectivity index (χ3v) is 5.61. The first-order valence-corrected chi connectivity index (χ1v) is 10.4. The zero-order chi connectivity index (χ0) is 20.8. The number of nitrogens with zero attached hydrogens (tertiary/aromatic N) is 3. The van der Waals surface area contributed by atoms with Crippen LogP contribution >= 0.6 is 0 Å². The van der Waals surface area contributed by atoms with Crippen LogP contribution in [0.3, 0.4) is 0 Å². The molecule has 0 saturated carbocycles. The molecule has 3 heterocycles. The summed E-state index contributed by atoms with van der Waals surface area (Å²) in [5, 5.41) is 14.3. The van der Waals surface area contributed by atoms with Gasteiger partial charge < -0.3 is 15.0 Å². The first-order valence-electron chi connectivity index (χ1n) is 10.4. The number of anilines is 2. The largest absolute Gasteiger partial charge is 0.379 e. The van der Waals surface area contributed by atoms with E-state index in [4.69, 9.17) is 4.74 Å². The topological polar surface area (TPSA) is 77.0 Å². The van der Waals surface area contributed by atoms with Crippen molar-refractivity contribution in [2.24, 2.45) is 0 Å². The molecule has 3 aromatic rings. The quantitative estimate of drug-likeness (QED) is 0.565. The summed E-state index contributed by atoms with van der Waals surface area (Å²) < 4.78 is 5.40. The van der Waals surface area contributed by atoms with Gasteiger partial charge in [-0.1, -0.05) is 12.2 Å². The van der Waals surface area contributed by atoms with E-state index in [9.17, 15) is 5.26 Å². The molecular weight excluding hydrogens is 374 g/mol. The number of H-pyrrole nitrogens is 1. The number of morpholine rings is 1. The Labute approximate surface area is 177 Å². The maximum atomic E-state index is 9.61. The van der Waals surface area contributed by atoms with Crippen LogP contribution in [0, 0.1) is 18.3 Å². The van der Waals surface area contributed by atoms with E-state index in [1.807, 2.05) is 18.5 Å². The molecule has 1 fully saturated rings. The summed E-state index contributed by atoms with van der Waals surface area (Å²) in [7, 11) is 0. The lowest BCUT2D eigenvalue weighted by molar-refractivity contribution is 0.0375. The highest BCUT2D eigenvalue weighted by molar-refractivity contribution is 5.89. The maximum absolute atomic E-state index is 9.61. The Morgan fingerprint density at radius 1 is 1.27 bits per heavy atom. The van der Waals surface area contributed by atoms with Crippen LogP contribution in [-0.2, 0) is 4.74 Å². The summed E-state index contributed by atoms with van der Waals surface area (Å²) >= 11 is 0. The van der Waals surface area contributed by atoms with Crippen molar-refractivity contribution in [3.8, 4) is 6.07 Å². The third-order valence-electron chi connectivity index (χ3n) is 5.61. The number of nitriles is 1. The number of nitrogens with one attached hydrogen (secondary N) is 2. The minimum absolute atomic E-state index is 0.541. The molecule has 0 unspecified atom stereocenters. The van der Waals surface area contributed by atoms with Crippen LogP contribution in [0.25, 0.3) is 17.0 Å². The molecule has 6 nitrogen and oxygen atoms in total. The van der Waals surface area contributed by atoms with Crippen molar-refractivity contribution < 1.29 is 4.74 Å². The molecule has 0 spiro atoms. The summed E-state index contributed by atoms with van der Waals surface area (Å²) in [6, 6.07) is 8.44. The van der Waals surface area contributed by atoms with Gasteiger partial charge in [0.15, 0.2) is 0 Å². The zero-order valence-electron chi connectivity index (χ0n) is 17.3. The third kappa shape index (κ3) is 4.54. The van der Waals surface area contributed by atoms with Gasteiger partial charge in [0.05, 0.1) is 24.5 Å². The molecule has 0 radical (unpaired) electrons.